The first-order valence-corrected chi connectivity index (χ1v) is 6.10. The lowest BCUT2D eigenvalue weighted by molar-refractivity contribution is 0.128. The monoisotopic (exact) mass is 220 g/mol. The van der Waals surface area contributed by atoms with Crippen molar-refractivity contribution in [2.45, 2.75) is 38.2 Å². The van der Waals surface area contributed by atoms with Gasteiger partial charge in [0, 0.05) is 0 Å². The van der Waals surface area contributed by atoms with E-state index in [4.69, 9.17) is 4.74 Å². The zero-order valence-electron chi connectivity index (χ0n) is 9.86. The van der Waals surface area contributed by atoms with Gasteiger partial charge in [-0.05, 0) is 49.3 Å². The van der Waals surface area contributed by atoms with Crippen molar-refractivity contribution in [3.8, 4) is 5.75 Å². The number of aliphatic hydroxyl groups excluding tert-OH is 1. The van der Waals surface area contributed by atoms with Crippen LogP contribution in [0.3, 0.4) is 0 Å². The number of rotatable bonds is 4. The Labute approximate surface area is 97.3 Å². The summed E-state index contributed by atoms with van der Waals surface area (Å²) in [6, 6.07) is 8.21. The Kier molecular flexibility index (Phi) is 3.83. The number of hydrogen-bond donors (Lipinski definition) is 1. The summed E-state index contributed by atoms with van der Waals surface area (Å²) in [4.78, 5) is 0. The van der Waals surface area contributed by atoms with E-state index in [-0.39, 0.29) is 6.10 Å². The Morgan fingerprint density at radius 2 is 2.25 bits per heavy atom. The first kappa shape index (κ1) is 11.5. The molecule has 1 aliphatic rings. The number of aliphatic hydroxyl groups is 1. The maximum atomic E-state index is 9.74. The number of benzene rings is 1. The predicted molar refractivity (Wildman–Crippen MR) is 64.7 cm³/mol. The maximum Gasteiger partial charge on any atom is 0.119 e. The molecule has 2 atom stereocenters. The maximum absolute atomic E-state index is 9.74. The molecule has 0 bridgehead atoms. The van der Waals surface area contributed by atoms with Crippen molar-refractivity contribution in [2.75, 3.05) is 7.11 Å². The molecule has 0 aromatic heterocycles. The lowest BCUT2D eigenvalue weighted by atomic mass is 9.96. The minimum atomic E-state index is -0.0643. The molecule has 1 aliphatic carbocycles. The summed E-state index contributed by atoms with van der Waals surface area (Å²) >= 11 is 0. The zero-order valence-corrected chi connectivity index (χ0v) is 9.86. The van der Waals surface area contributed by atoms with E-state index in [1.807, 2.05) is 12.1 Å². The van der Waals surface area contributed by atoms with E-state index in [1.165, 1.54) is 18.4 Å². The number of methoxy groups -OCH3 is 1. The van der Waals surface area contributed by atoms with E-state index in [1.54, 1.807) is 7.11 Å². The Bertz CT molecular complexity index is 335. The first-order valence-electron chi connectivity index (χ1n) is 6.10. The van der Waals surface area contributed by atoms with Crippen LogP contribution in [0.5, 0.6) is 5.75 Å². The standard InChI is InChI=1S/C14H20O2/c1-16-13-6-2-4-11(10-13)8-9-12-5-3-7-14(12)15/h2,4,6,10,12,14-15H,3,5,7-9H2,1H3. The van der Waals surface area contributed by atoms with Crippen LogP contribution in [0.15, 0.2) is 24.3 Å². The molecule has 0 heterocycles. The molecule has 2 heteroatoms. The van der Waals surface area contributed by atoms with E-state index in [9.17, 15) is 5.11 Å². The minimum absolute atomic E-state index is 0.0643. The summed E-state index contributed by atoms with van der Waals surface area (Å²) in [5.74, 6) is 1.43. The van der Waals surface area contributed by atoms with Crippen molar-refractivity contribution in [3.63, 3.8) is 0 Å². The summed E-state index contributed by atoms with van der Waals surface area (Å²) in [5.41, 5.74) is 1.30. The van der Waals surface area contributed by atoms with Crippen LogP contribution < -0.4 is 4.74 Å². The molecule has 1 N–H and O–H groups in total. The van der Waals surface area contributed by atoms with Gasteiger partial charge in [-0.25, -0.2) is 0 Å². The third-order valence-corrected chi connectivity index (χ3v) is 3.56. The van der Waals surface area contributed by atoms with Crippen LogP contribution in [0.2, 0.25) is 0 Å². The average Bonchev–Trinajstić information content (AvgIpc) is 2.72. The SMILES string of the molecule is COc1cccc(CCC2CCCC2O)c1. The van der Waals surface area contributed by atoms with Crippen LogP contribution in [-0.2, 0) is 6.42 Å². The van der Waals surface area contributed by atoms with Crippen LogP contribution >= 0.6 is 0 Å². The molecule has 0 spiro atoms. The molecule has 16 heavy (non-hydrogen) atoms. The molecule has 1 fully saturated rings. The van der Waals surface area contributed by atoms with Gasteiger partial charge in [-0.15, -0.1) is 0 Å². The highest BCUT2D eigenvalue weighted by Gasteiger charge is 2.24. The fourth-order valence-electron chi connectivity index (χ4n) is 2.53. The van der Waals surface area contributed by atoms with Crippen LogP contribution in [-0.4, -0.2) is 18.3 Å². The average molecular weight is 220 g/mol. The summed E-state index contributed by atoms with van der Waals surface area (Å²) < 4.78 is 5.20. The third kappa shape index (κ3) is 2.76. The van der Waals surface area contributed by atoms with Crippen molar-refractivity contribution in [1.29, 1.82) is 0 Å². The van der Waals surface area contributed by atoms with Gasteiger partial charge in [0.15, 0.2) is 0 Å². The zero-order chi connectivity index (χ0) is 11.4. The quantitative estimate of drug-likeness (QED) is 0.845. The molecule has 0 amide bonds. The summed E-state index contributed by atoms with van der Waals surface area (Å²) in [7, 11) is 1.69. The molecule has 2 rings (SSSR count). The van der Waals surface area contributed by atoms with E-state index in [0.29, 0.717) is 5.92 Å². The lowest BCUT2D eigenvalue weighted by Gasteiger charge is -2.14. The van der Waals surface area contributed by atoms with Crippen molar-refractivity contribution in [1.82, 2.24) is 0 Å². The minimum Gasteiger partial charge on any atom is -0.497 e. The van der Waals surface area contributed by atoms with Crippen molar-refractivity contribution in [3.05, 3.63) is 29.8 Å². The molecule has 88 valence electrons. The highest BCUT2D eigenvalue weighted by molar-refractivity contribution is 5.28. The van der Waals surface area contributed by atoms with E-state index in [0.717, 1.165) is 25.0 Å². The number of ether oxygens (including phenoxy) is 1. The van der Waals surface area contributed by atoms with E-state index >= 15 is 0 Å². The first-order chi connectivity index (χ1) is 7.79. The topological polar surface area (TPSA) is 29.5 Å². The molecule has 1 saturated carbocycles. The third-order valence-electron chi connectivity index (χ3n) is 3.56. The van der Waals surface area contributed by atoms with Gasteiger partial charge in [-0.2, -0.15) is 0 Å². The van der Waals surface area contributed by atoms with Crippen LogP contribution in [0.1, 0.15) is 31.2 Å². The van der Waals surface area contributed by atoms with Crippen LogP contribution in [0, 0.1) is 5.92 Å². The Hall–Kier alpha value is -1.02. The predicted octanol–water partition coefficient (Wildman–Crippen LogP) is 2.79. The van der Waals surface area contributed by atoms with Gasteiger partial charge >= 0.3 is 0 Å². The van der Waals surface area contributed by atoms with E-state index in [2.05, 4.69) is 12.1 Å². The highest BCUT2D eigenvalue weighted by Crippen LogP contribution is 2.29. The van der Waals surface area contributed by atoms with E-state index < -0.39 is 0 Å². The molecule has 2 nitrogen and oxygen atoms in total. The molecule has 0 radical (unpaired) electrons. The Balaban J connectivity index is 1.88. The normalized spacial score (nSPS) is 24.6. The fraction of sp³-hybridized carbons (Fsp3) is 0.571. The van der Waals surface area contributed by atoms with Crippen molar-refractivity contribution < 1.29 is 9.84 Å². The largest absolute Gasteiger partial charge is 0.497 e. The second kappa shape index (κ2) is 5.35. The highest BCUT2D eigenvalue weighted by atomic mass is 16.5. The Morgan fingerprint density at radius 1 is 1.38 bits per heavy atom. The van der Waals surface area contributed by atoms with Gasteiger partial charge in [-0.1, -0.05) is 18.6 Å². The molecule has 0 aliphatic heterocycles. The smallest absolute Gasteiger partial charge is 0.119 e. The van der Waals surface area contributed by atoms with Gasteiger partial charge in [0.25, 0.3) is 0 Å². The second-order valence-electron chi connectivity index (χ2n) is 4.65. The fourth-order valence-corrected chi connectivity index (χ4v) is 2.53. The molecule has 2 unspecified atom stereocenters. The van der Waals surface area contributed by atoms with Crippen molar-refractivity contribution >= 4 is 0 Å². The molecule has 1 aromatic carbocycles. The number of aryl methyl sites for hydroxylation is 1. The van der Waals surface area contributed by atoms with Crippen molar-refractivity contribution in [2.24, 2.45) is 5.92 Å². The molecular formula is C14H20O2. The summed E-state index contributed by atoms with van der Waals surface area (Å²) in [5, 5.41) is 9.74. The lowest BCUT2D eigenvalue weighted by Crippen LogP contribution is -2.13. The van der Waals surface area contributed by atoms with Gasteiger partial charge in [0.05, 0.1) is 13.2 Å². The van der Waals surface area contributed by atoms with Gasteiger partial charge in [-0.3, -0.25) is 0 Å². The summed E-state index contributed by atoms with van der Waals surface area (Å²) in [6.45, 7) is 0. The molecule has 0 saturated heterocycles. The van der Waals surface area contributed by atoms with Crippen LogP contribution in [0.25, 0.3) is 0 Å². The second-order valence-corrected chi connectivity index (χ2v) is 4.65. The van der Waals surface area contributed by atoms with Gasteiger partial charge in [0.2, 0.25) is 0 Å². The van der Waals surface area contributed by atoms with Gasteiger partial charge in [0.1, 0.15) is 5.75 Å². The van der Waals surface area contributed by atoms with Gasteiger partial charge < -0.3 is 9.84 Å². The summed E-state index contributed by atoms with van der Waals surface area (Å²) in [6.07, 6.45) is 5.43. The Morgan fingerprint density at radius 3 is 2.94 bits per heavy atom. The molecule has 1 aromatic rings. The number of hydrogen-bond acceptors (Lipinski definition) is 2. The molecular weight excluding hydrogens is 200 g/mol. The van der Waals surface area contributed by atoms with Crippen LogP contribution in [0.4, 0.5) is 0 Å².